The van der Waals surface area contributed by atoms with Gasteiger partial charge in [0.2, 0.25) is 0 Å². The van der Waals surface area contributed by atoms with Crippen LogP contribution in [-0.4, -0.2) is 44.2 Å². The highest BCUT2D eigenvalue weighted by atomic mass is 16.4. The van der Waals surface area contributed by atoms with Gasteiger partial charge in [0.05, 0.1) is 12.4 Å². The Labute approximate surface area is 129 Å². The van der Waals surface area contributed by atoms with Crippen LogP contribution in [0.25, 0.3) is 0 Å². The van der Waals surface area contributed by atoms with Crippen molar-refractivity contribution < 1.29 is 9.90 Å². The van der Waals surface area contributed by atoms with Crippen LogP contribution in [0.5, 0.6) is 0 Å². The number of hydrogen-bond acceptors (Lipinski definition) is 5. The van der Waals surface area contributed by atoms with Gasteiger partial charge >= 0.3 is 5.97 Å². The summed E-state index contributed by atoms with van der Waals surface area (Å²) in [6, 6.07) is 0. The van der Waals surface area contributed by atoms with Gasteiger partial charge in [-0.05, 0) is 12.8 Å². The van der Waals surface area contributed by atoms with E-state index in [1.165, 1.54) is 12.4 Å². The van der Waals surface area contributed by atoms with Crippen LogP contribution >= 0.6 is 0 Å². The van der Waals surface area contributed by atoms with E-state index >= 15 is 0 Å². The first-order valence-electron chi connectivity index (χ1n) is 7.38. The van der Waals surface area contributed by atoms with Gasteiger partial charge in [0.25, 0.3) is 0 Å². The van der Waals surface area contributed by atoms with Gasteiger partial charge in [-0.2, -0.15) is 0 Å². The van der Waals surface area contributed by atoms with Crippen molar-refractivity contribution in [3.05, 3.63) is 36.3 Å². The Morgan fingerprint density at radius 1 is 1.32 bits per heavy atom. The smallest absolute Gasteiger partial charge is 0.356 e. The molecule has 7 nitrogen and oxygen atoms in total. The zero-order valence-electron chi connectivity index (χ0n) is 12.9. The number of carboxylic acids is 1. The van der Waals surface area contributed by atoms with Crippen molar-refractivity contribution in [3.63, 3.8) is 0 Å². The molecule has 1 N–H and O–H groups in total. The van der Waals surface area contributed by atoms with E-state index in [0.29, 0.717) is 5.82 Å². The maximum Gasteiger partial charge on any atom is 0.356 e. The highest BCUT2D eigenvalue weighted by Crippen LogP contribution is 2.09. The molecule has 2 aromatic heterocycles. The Kier molecular flexibility index (Phi) is 5.46. The van der Waals surface area contributed by atoms with Gasteiger partial charge in [-0.1, -0.05) is 6.92 Å². The fourth-order valence-electron chi connectivity index (χ4n) is 2.23. The van der Waals surface area contributed by atoms with Crippen molar-refractivity contribution in [1.29, 1.82) is 0 Å². The maximum absolute atomic E-state index is 10.7. The summed E-state index contributed by atoms with van der Waals surface area (Å²) in [5, 5.41) is 8.81. The summed E-state index contributed by atoms with van der Waals surface area (Å²) in [6.45, 7) is 3.95. The lowest BCUT2D eigenvalue weighted by molar-refractivity contribution is 0.0690. The first kappa shape index (κ1) is 15.9. The molecule has 0 radical (unpaired) electrons. The number of hydrogen-bond donors (Lipinski definition) is 1. The third-order valence-electron chi connectivity index (χ3n) is 3.41. The Morgan fingerprint density at radius 2 is 2.14 bits per heavy atom. The van der Waals surface area contributed by atoms with Crippen LogP contribution in [0.4, 0.5) is 5.82 Å². The molecule has 0 atom stereocenters. The molecule has 0 aromatic carbocycles. The number of nitrogens with zero attached hydrogens (tertiary/aromatic N) is 5. The number of imidazole rings is 1. The molecule has 0 amide bonds. The molecule has 2 heterocycles. The van der Waals surface area contributed by atoms with Crippen molar-refractivity contribution in [1.82, 2.24) is 19.5 Å². The lowest BCUT2D eigenvalue weighted by atomic mass is 10.2. The Bertz CT molecular complexity index is 609. The zero-order valence-corrected chi connectivity index (χ0v) is 12.9. The van der Waals surface area contributed by atoms with E-state index in [1.807, 2.05) is 24.3 Å². The van der Waals surface area contributed by atoms with Crippen LogP contribution in [0.3, 0.4) is 0 Å². The van der Waals surface area contributed by atoms with Gasteiger partial charge in [0, 0.05) is 39.0 Å². The highest BCUT2D eigenvalue weighted by Gasteiger charge is 2.08. The van der Waals surface area contributed by atoms with Gasteiger partial charge < -0.3 is 14.6 Å². The van der Waals surface area contributed by atoms with Crippen LogP contribution in [0.1, 0.15) is 36.1 Å². The summed E-state index contributed by atoms with van der Waals surface area (Å²) in [6.07, 6.45) is 9.55. The fraction of sp³-hybridized carbons (Fsp3) is 0.467. The summed E-state index contributed by atoms with van der Waals surface area (Å²) < 4.78 is 2.18. The van der Waals surface area contributed by atoms with Gasteiger partial charge in [0.15, 0.2) is 5.69 Å². The second kappa shape index (κ2) is 7.53. The first-order chi connectivity index (χ1) is 10.6. The second-order valence-corrected chi connectivity index (χ2v) is 5.13. The standard InChI is InChI=1S/C15H21N5O2/c1-3-7-20-9-6-16-13(20)5-4-8-19(2)14-11-17-12(10-18-14)15(21)22/h6,9-11H,3-5,7-8H2,1-2H3,(H,21,22). The molecule has 0 spiro atoms. The average Bonchev–Trinajstić information content (AvgIpc) is 2.95. The minimum Gasteiger partial charge on any atom is -0.476 e. The lowest BCUT2D eigenvalue weighted by Crippen LogP contribution is -2.21. The summed E-state index contributed by atoms with van der Waals surface area (Å²) in [5.41, 5.74) is -0.0428. The van der Waals surface area contributed by atoms with E-state index in [0.717, 1.165) is 38.2 Å². The third kappa shape index (κ3) is 4.03. The zero-order chi connectivity index (χ0) is 15.9. The molecule has 22 heavy (non-hydrogen) atoms. The molecular weight excluding hydrogens is 282 g/mol. The highest BCUT2D eigenvalue weighted by molar-refractivity contribution is 5.84. The Hall–Kier alpha value is -2.44. The average molecular weight is 303 g/mol. The van der Waals surface area contributed by atoms with Crippen LogP contribution in [0, 0.1) is 0 Å². The Morgan fingerprint density at radius 3 is 2.77 bits per heavy atom. The molecule has 2 rings (SSSR count). The van der Waals surface area contributed by atoms with E-state index in [4.69, 9.17) is 5.11 Å². The molecule has 7 heteroatoms. The molecule has 0 bridgehead atoms. The van der Waals surface area contributed by atoms with E-state index in [1.54, 1.807) is 0 Å². The largest absolute Gasteiger partial charge is 0.476 e. The molecule has 0 aliphatic heterocycles. The van der Waals surface area contributed by atoms with E-state index in [-0.39, 0.29) is 5.69 Å². The molecule has 0 saturated carbocycles. The summed E-state index contributed by atoms with van der Waals surface area (Å²) in [5.74, 6) is 0.703. The number of carbonyl (C=O) groups is 1. The number of carboxylic acid groups (broad SMARTS) is 1. The number of aromatic nitrogens is 4. The minimum atomic E-state index is -1.07. The molecule has 0 fully saturated rings. The van der Waals surface area contributed by atoms with E-state index in [2.05, 4.69) is 26.4 Å². The molecule has 0 saturated heterocycles. The van der Waals surface area contributed by atoms with Gasteiger partial charge in [-0.3, -0.25) is 0 Å². The normalized spacial score (nSPS) is 10.6. The topological polar surface area (TPSA) is 84.1 Å². The molecular formula is C15H21N5O2. The van der Waals surface area contributed by atoms with Gasteiger partial charge in [-0.25, -0.2) is 19.7 Å². The monoisotopic (exact) mass is 303 g/mol. The van der Waals surface area contributed by atoms with Crippen LogP contribution in [-0.2, 0) is 13.0 Å². The van der Waals surface area contributed by atoms with Crippen molar-refractivity contribution in [3.8, 4) is 0 Å². The molecule has 0 aliphatic carbocycles. The van der Waals surface area contributed by atoms with Gasteiger partial charge in [-0.15, -0.1) is 0 Å². The number of rotatable bonds is 8. The third-order valence-corrected chi connectivity index (χ3v) is 3.41. The minimum absolute atomic E-state index is 0.0428. The molecule has 0 unspecified atom stereocenters. The predicted molar refractivity (Wildman–Crippen MR) is 83.1 cm³/mol. The number of aromatic carboxylic acids is 1. The predicted octanol–water partition coefficient (Wildman–Crippen LogP) is 1.85. The number of anilines is 1. The summed E-state index contributed by atoms with van der Waals surface area (Å²) >= 11 is 0. The Balaban J connectivity index is 1.85. The summed E-state index contributed by atoms with van der Waals surface area (Å²) in [7, 11) is 1.92. The lowest BCUT2D eigenvalue weighted by Gasteiger charge is -2.17. The van der Waals surface area contributed by atoms with Crippen LogP contribution in [0.15, 0.2) is 24.8 Å². The van der Waals surface area contributed by atoms with Crippen molar-refractivity contribution >= 4 is 11.8 Å². The first-order valence-corrected chi connectivity index (χ1v) is 7.38. The second-order valence-electron chi connectivity index (χ2n) is 5.13. The quantitative estimate of drug-likeness (QED) is 0.801. The molecule has 0 aliphatic rings. The van der Waals surface area contributed by atoms with Crippen LogP contribution in [0.2, 0.25) is 0 Å². The SMILES string of the molecule is CCCn1ccnc1CCCN(C)c1cnc(C(=O)O)cn1. The fourth-order valence-corrected chi connectivity index (χ4v) is 2.23. The van der Waals surface area contributed by atoms with E-state index < -0.39 is 5.97 Å². The van der Waals surface area contributed by atoms with Gasteiger partial charge in [0.1, 0.15) is 11.6 Å². The number of aryl methyl sites for hydroxylation is 2. The molecule has 2 aromatic rings. The summed E-state index contributed by atoms with van der Waals surface area (Å²) in [4.78, 5) is 25.1. The van der Waals surface area contributed by atoms with E-state index in [9.17, 15) is 4.79 Å². The van der Waals surface area contributed by atoms with Crippen molar-refractivity contribution in [2.45, 2.75) is 32.7 Å². The van der Waals surface area contributed by atoms with Crippen molar-refractivity contribution in [2.24, 2.45) is 0 Å². The maximum atomic E-state index is 10.7. The van der Waals surface area contributed by atoms with Crippen molar-refractivity contribution in [2.75, 3.05) is 18.5 Å². The molecule has 118 valence electrons. The van der Waals surface area contributed by atoms with Crippen LogP contribution < -0.4 is 4.90 Å².